The zero-order chi connectivity index (χ0) is 13.7. The summed E-state index contributed by atoms with van der Waals surface area (Å²) in [5, 5.41) is 0.637. The summed E-state index contributed by atoms with van der Waals surface area (Å²) in [7, 11) is 0. The Labute approximate surface area is 116 Å². The van der Waals surface area contributed by atoms with Gasteiger partial charge in [0.15, 0.2) is 0 Å². The van der Waals surface area contributed by atoms with Gasteiger partial charge in [-0.05, 0) is 23.8 Å². The summed E-state index contributed by atoms with van der Waals surface area (Å²) in [6, 6.07) is 5.15. The van der Waals surface area contributed by atoms with Crippen LogP contribution in [-0.2, 0) is 16.1 Å². The lowest BCUT2D eigenvalue weighted by Crippen LogP contribution is -2.35. The maximum Gasteiger partial charge on any atom is 0.361 e. The van der Waals surface area contributed by atoms with E-state index in [1.165, 1.54) is 0 Å². The second-order valence-electron chi connectivity index (χ2n) is 4.30. The fourth-order valence-corrected chi connectivity index (χ4v) is 2.18. The molecule has 0 aromatic heterocycles. The normalized spacial score (nSPS) is 15.8. The van der Waals surface area contributed by atoms with E-state index in [2.05, 4.69) is 9.69 Å². The molecule has 0 atom stereocenters. The zero-order valence-corrected chi connectivity index (χ0v) is 11.1. The highest BCUT2D eigenvalue weighted by atomic mass is 35.5. The van der Waals surface area contributed by atoms with E-state index in [1.54, 1.807) is 18.2 Å². The van der Waals surface area contributed by atoms with Gasteiger partial charge in [-0.1, -0.05) is 11.6 Å². The number of ether oxygens (including phenoxy) is 1. The SMILES string of the molecule is [N-]=[N+]=C(C=O)c1ccc(Cl)c(CN2CCOCC2)c1. The van der Waals surface area contributed by atoms with E-state index in [1.807, 2.05) is 0 Å². The third kappa shape index (κ3) is 3.49. The standard InChI is InChI=1S/C13H14ClN3O2/c14-12-2-1-10(13(9-18)16-15)7-11(12)8-17-3-5-19-6-4-17/h1-2,7,9H,3-6,8H2. The van der Waals surface area contributed by atoms with Gasteiger partial charge in [-0.2, -0.15) is 4.79 Å². The average molecular weight is 280 g/mol. The number of hydrogen-bond donors (Lipinski definition) is 0. The van der Waals surface area contributed by atoms with Crippen LogP contribution in [0.5, 0.6) is 0 Å². The molecular weight excluding hydrogens is 266 g/mol. The molecule has 1 fully saturated rings. The molecule has 0 saturated carbocycles. The molecule has 0 bridgehead atoms. The number of morpholine rings is 1. The number of halogens is 1. The molecular formula is C13H14ClN3O2. The molecule has 0 aliphatic carbocycles. The molecule has 1 aromatic rings. The van der Waals surface area contributed by atoms with Gasteiger partial charge in [0.25, 0.3) is 0 Å². The molecule has 2 rings (SSSR count). The number of carbonyl (C=O) groups is 1. The van der Waals surface area contributed by atoms with Crippen molar-refractivity contribution in [2.24, 2.45) is 0 Å². The quantitative estimate of drug-likeness (QED) is 0.362. The third-order valence-corrected chi connectivity index (χ3v) is 3.43. The van der Waals surface area contributed by atoms with E-state index in [-0.39, 0.29) is 5.71 Å². The Morgan fingerprint density at radius 3 is 2.84 bits per heavy atom. The van der Waals surface area contributed by atoms with Crippen molar-refractivity contribution in [2.75, 3.05) is 26.3 Å². The lowest BCUT2D eigenvalue weighted by atomic mass is 10.1. The second-order valence-corrected chi connectivity index (χ2v) is 4.71. The molecule has 0 spiro atoms. The predicted octanol–water partition coefficient (Wildman–Crippen LogP) is 1.39. The van der Waals surface area contributed by atoms with Crippen molar-refractivity contribution in [3.63, 3.8) is 0 Å². The van der Waals surface area contributed by atoms with Crippen LogP contribution in [0.3, 0.4) is 0 Å². The summed E-state index contributed by atoms with van der Waals surface area (Å²) in [5.74, 6) is 0. The molecule has 1 aliphatic rings. The van der Waals surface area contributed by atoms with Gasteiger partial charge in [0.05, 0.1) is 18.8 Å². The minimum absolute atomic E-state index is 0.0000980. The first-order valence-electron chi connectivity index (χ1n) is 6.00. The number of rotatable bonds is 4. The van der Waals surface area contributed by atoms with Crippen molar-refractivity contribution in [1.82, 2.24) is 4.90 Å². The van der Waals surface area contributed by atoms with E-state index >= 15 is 0 Å². The van der Waals surface area contributed by atoms with Gasteiger partial charge in [0, 0.05) is 24.7 Å². The van der Waals surface area contributed by atoms with E-state index in [0.29, 0.717) is 23.4 Å². The van der Waals surface area contributed by atoms with E-state index in [0.717, 1.165) is 31.9 Å². The molecule has 6 heteroatoms. The molecule has 0 amide bonds. The molecule has 1 saturated heterocycles. The predicted molar refractivity (Wildman–Crippen MR) is 71.3 cm³/mol. The Kier molecular flexibility index (Phi) is 4.82. The van der Waals surface area contributed by atoms with Gasteiger partial charge in [-0.25, -0.2) is 0 Å². The smallest absolute Gasteiger partial charge is 0.361 e. The lowest BCUT2D eigenvalue weighted by Gasteiger charge is -2.26. The number of nitrogens with zero attached hydrogens (tertiary/aromatic N) is 3. The Hall–Kier alpha value is -1.52. The van der Waals surface area contributed by atoms with Gasteiger partial charge in [0.1, 0.15) is 0 Å². The van der Waals surface area contributed by atoms with Crippen LogP contribution in [-0.4, -0.2) is 48.0 Å². The summed E-state index contributed by atoms with van der Waals surface area (Å²) in [4.78, 5) is 16.0. The zero-order valence-electron chi connectivity index (χ0n) is 10.4. The summed E-state index contributed by atoms with van der Waals surface area (Å²) < 4.78 is 5.29. The minimum Gasteiger partial charge on any atom is -0.379 e. The summed E-state index contributed by atoms with van der Waals surface area (Å²) >= 11 is 6.16. The van der Waals surface area contributed by atoms with Crippen LogP contribution in [0, 0.1) is 0 Å². The first-order chi connectivity index (χ1) is 9.24. The molecule has 1 aliphatic heterocycles. The average Bonchev–Trinajstić information content (AvgIpc) is 2.45. The Balaban J connectivity index is 2.21. The van der Waals surface area contributed by atoms with E-state index < -0.39 is 0 Å². The van der Waals surface area contributed by atoms with Crippen molar-refractivity contribution in [2.45, 2.75) is 6.54 Å². The van der Waals surface area contributed by atoms with Crippen molar-refractivity contribution >= 4 is 23.6 Å². The van der Waals surface area contributed by atoms with Crippen LogP contribution in [0.15, 0.2) is 18.2 Å². The van der Waals surface area contributed by atoms with Crippen LogP contribution in [0.1, 0.15) is 11.1 Å². The van der Waals surface area contributed by atoms with Gasteiger partial charge < -0.3 is 10.3 Å². The highest BCUT2D eigenvalue weighted by Gasteiger charge is 2.16. The first kappa shape index (κ1) is 13.9. The number of benzene rings is 1. The number of carbonyl (C=O) groups excluding carboxylic acids is 1. The summed E-state index contributed by atoms with van der Waals surface area (Å²) in [5.41, 5.74) is 10.2. The lowest BCUT2D eigenvalue weighted by molar-refractivity contribution is -0.106. The maximum atomic E-state index is 10.8. The highest BCUT2D eigenvalue weighted by molar-refractivity contribution is 6.34. The molecule has 19 heavy (non-hydrogen) atoms. The first-order valence-corrected chi connectivity index (χ1v) is 6.38. The minimum atomic E-state index is -0.0000980. The van der Waals surface area contributed by atoms with Crippen molar-refractivity contribution in [3.05, 3.63) is 39.9 Å². The number of hydrogen-bond acceptors (Lipinski definition) is 3. The van der Waals surface area contributed by atoms with Gasteiger partial charge in [-0.15, -0.1) is 0 Å². The molecule has 1 heterocycles. The van der Waals surface area contributed by atoms with Crippen molar-refractivity contribution in [3.8, 4) is 0 Å². The van der Waals surface area contributed by atoms with Crippen LogP contribution in [0.2, 0.25) is 5.02 Å². The molecule has 1 aromatic carbocycles. The third-order valence-electron chi connectivity index (χ3n) is 3.06. The fraction of sp³-hybridized carbons (Fsp3) is 0.385. The van der Waals surface area contributed by atoms with Gasteiger partial charge in [-0.3, -0.25) is 9.69 Å². The molecule has 0 radical (unpaired) electrons. The number of aldehydes is 1. The van der Waals surface area contributed by atoms with E-state index in [4.69, 9.17) is 21.9 Å². The Morgan fingerprint density at radius 1 is 1.47 bits per heavy atom. The van der Waals surface area contributed by atoms with E-state index in [9.17, 15) is 4.79 Å². The monoisotopic (exact) mass is 279 g/mol. The summed E-state index contributed by atoms with van der Waals surface area (Å²) in [6.45, 7) is 3.84. The van der Waals surface area contributed by atoms with Gasteiger partial charge in [0.2, 0.25) is 6.29 Å². The molecule has 5 nitrogen and oxygen atoms in total. The second kappa shape index (κ2) is 6.59. The largest absolute Gasteiger partial charge is 0.379 e. The highest BCUT2D eigenvalue weighted by Crippen LogP contribution is 2.20. The topological polar surface area (TPSA) is 65.9 Å². The fourth-order valence-electron chi connectivity index (χ4n) is 2.00. The van der Waals surface area contributed by atoms with Gasteiger partial charge >= 0.3 is 5.71 Å². The van der Waals surface area contributed by atoms with Crippen LogP contribution in [0.4, 0.5) is 0 Å². The summed E-state index contributed by atoms with van der Waals surface area (Å²) in [6.07, 6.45) is 0.516. The molecule has 0 N–H and O–H groups in total. The molecule has 100 valence electrons. The van der Waals surface area contributed by atoms with Crippen LogP contribution < -0.4 is 0 Å². The Bertz CT molecular complexity index is 521. The van der Waals surface area contributed by atoms with Crippen molar-refractivity contribution in [1.29, 1.82) is 0 Å². The Morgan fingerprint density at radius 2 is 2.21 bits per heavy atom. The van der Waals surface area contributed by atoms with Crippen LogP contribution >= 0.6 is 11.6 Å². The maximum absolute atomic E-state index is 10.8. The van der Waals surface area contributed by atoms with Crippen LogP contribution in [0.25, 0.3) is 5.53 Å². The molecule has 0 unspecified atom stereocenters. The van der Waals surface area contributed by atoms with Crippen molar-refractivity contribution < 1.29 is 14.3 Å².